The Hall–Kier alpha value is -1.60. The van der Waals surface area contributed by atoms with Crippen LogP contribution >= 0.6 is 11.3 Å². The Morgan fingerprint density at radius 3 is 2.52 bits per heavy atom. The van der Waals surface area contributed by atoms with E-state index in [1.165, 1.54) is 21.6 Å². The van der Waals surface area contributed by atoms with Gasteiger partial charge in [-0.1, -0.05) is 41.2 Å². The van der Waals surface area contributed by atoms with Gasteiger partial charge in [0.25, 0.3) is 0 Å². The van der Waals surface area contributed by atoms with Crippen molar-refractivity contribution in [3.63, 3.8) is 0 Å². The van der Waals surface area contributed by atoms with Crippen molar-refractivity contribution < 1.29 is 5.11 Å². The molecule has 1 heterocycles. The van der Waals surface area contributed by atoms with Crippen LogP contribution in [0.2, 0.25) is 0 Å². The number of aliphatic hydroxyl groups is 1. The second-order valence-corrected chi connectivity index (χ2v) is 8.40. The number of unbranched alkanes of at least 4 members (excludes halogenated alkanes) is 1. The molecule has 134 valence electrons. The topological polar surface area (TPSA) is 46.2 Å². The molecule has 0 fully saturated rings. The lowest BCUT2D eigenvalue weighted by Gasteiger charge is -2.20. The highest BCUT2D eigenvalue weighted by molar-refractivity contribution is 7.12. The quantitative estimate of drug-likeness (QED) is 0.572. The SMILES string of the molecule is Cc1cc(C)cc(CCCC#Cc2ccc(CCC(C)(N)CO)s2)c1. The summed E-state index contributed by atoms with van der Waals surface area (Å²) in [5, 5.41) is 9.21. The van der Waals surface area contributed by atoms with Crippen LogP contribution in [0.5, 0.6) is 0 Å². The highest BCUT2D eigenvalue weighted by Gasteiger charge is 2.16. The summed E-state index contributed by atoms with van der Waals surface area (Å²) in [7, 11) is 0. The minimum absolute atomic E-state index is 0.0193. The maximum atomic E-state index is 9.21. The summed E-state index contributed by atoms with van der Waals surface area (Å²) in [6.45, 7) is 6.21. The number of nitrogens with two attached hydrogens (primary N) is 1. The molecular formula is C22H29NOS. The van der Waals surface area contributed by atoms with Gasteiger partial charge in [-0.25, -0.2) is 0 Å². The minimum atomic E-state index is -0.496. The van der Waals surface area contributed by atoms with E-state index in [-0.39, 0.29) is 6.61 Å². The number of aryl methyl sites for hydroxylation is 4. The molecule has 1 unspecified atom stereocenters. The Morgan fingerprint density at radius 1 is 1.12 bits per heavy atom. The summed E-state index contributed by atoms with van der Waals surface area (Å²) >= 11 is 1.73. The van der Waals surface area contributed by atoms with Crippen molar-refractivity contribution >= 4 is 11.3 Å². The Labute approximate surface area is 156 Å². The van der Waals surface area contributed by atoms with E-state index >= 15 is 0 Å². The summed E-state index contributed by atoms with van der Waals surface area (Å²) < 4.78 is 0. The number of hydrogen-bond donors (Lipinski definition) is 2. The maximum Gasteiger partial charge on any atom is 0.0771 e. The molecule has 2 nitrogen and oxygen atoms in total. The standard InChI is InChI=1S/C22H29NOS/c1-17-13-18(2)15-19(14-17)7-5-4-6-8-20-9-10-21(25-20)11-12-22(3,23)16-24/h9-10,13-15,24H,4-5,7,11-12,16,23H2,1-3H3. The van der Waals surface area contributed by atoms with Gasteiger partial charge in [-0.3, -0.25) is 0 Å². The molecular weight excluding hydrogens is 326 g/mol. The number of benzene rings is 1. The van der Waals surface area contributed by atoms with Crippen LogP contribution in [0.3, 0.4) is 0 Å². The first kappa shape index (κ1) is 19.7. The van der Waals surface area contributed by atoms with Gasteiger partial charge < -0.3 is 10.8 Å². The van der Waals surface area contributed by atoms with Crippen LogP contribution in [0.4, 0.5) is 0 Å². The van der Waals surface area contributed by atoms with E-state index in [0.717, 1.165) is 37.0 Å². The lowest BCUT2D eigenvalue weighted by atomic mass is 9.98. The van der Waals surface area contributed by atoms with Crippen LogP contribution in [-0.2, 0) is 12.8 Å². The third-order valence-electron chi connectivity index (χ3n) is 4.23. The van der Waals surface area contributed by atoms with E-state index in [0.29, 0.717) is 0 Å². The zero-order valence-corrected chi connectivity index (χ0v) is 16.4. The lowest BCUT2D eigenvalue weighted by Crippen LogP contribution is -2.40. The average Bonchev–Trinajstić information content (AvgIpc) is 3.00. The van der Waals surface area contributed by atoms with Crippen LogP contribution < -0.4 is 5.73 Å². The molecule has 1 aromatic heterocycles. The van der Waals surface area contributed by atoms with E-state index < -0.39 is 5.54 Å². The second kappa shape index (κ2) is 9.20. The molecule has 0 aliphatic rings. The molecule has 1 atom stereocenters. The van der Waals surface area contributed by atoms with Gasteiger partial charge in [-0.15, -0.1) is 11.3 Å². The minimum Gasteiger partial charge on any atom is -0.394 e. The zero-order valence-electron chi connectivity index (χ0n) is 15.6. The predicted octanol–water partition coefficient (Wildman–Crippen LogP) is 4.38. The van der Waals surface area contributed by atoms with E-state index in [1.54, 1.807) is 11.3 Å². The van der Waals surface area contributed by atoms with E-state index in [1.807, 2.05) is 6.92 Å². The summed E-state index contributed by atoms with van der Waals surface area (Å²) in [5.41, 5.74) is 9.56. The number of thiophene rings is 1. The van der Waals surface area contributed by atoms with Crippen molar-refractivity contribution in [1.82, 2.24) is 0 Å². The van der Waals surface area contributed by atoms with Crippen molar-refractivity contribution in [2.24, 2.45) is 5.73 Å². The molecule has 0 amide bonds. The second-order valence-electron chi connectivity index (χ2n) is 7.23. The Balaban J connectivity index is 1.78. The van der Waals surface area contributed by atoms with E-state index in [9.17, 15) is 5.11 Å². The number of hydrogen-bond acceptors (Lipinski definition) is 3. The predicted molar refractivity (Wildman–Crippen MR) is 108 cm³/mol. The van der Waals surface area contributed by atoms with Gasteiger partial charge in [0.2, 0.25) is 0 Å². The van der Waals surface area contributed by atoms with Crippen molar-refractivity contribution in [3.05, 3.63) is 56.8 Å². The van der Waals surface area contributed by atoms with E-state index in [4.69, 9.17) is 5.73 Å². The molecule has 0 aliphatic carbocycles. The van der Waals surface area contributed by atoms with Gasteiger partial charge in [-0.2, -0.15) is 0 Å². The number of aliphatic hydroxyl groups excluding tert-OH is 1. The van der Waals surface area contributed by atoms with Crippen LogP contribution in [-0.4, -0.2) is 17.3 Å². The largest absolute Gasteiger partial charge is 0.394 e. The fourth-order valence-corrected chi connectivity index (χ4v) is 3.69. The first-order valence-corrected chi connectivity index (χ1v) is 9.74. The van der Waals surface area contributed by atoms with Gasteiger partial charge in [0.1, 0.15) is 0 Å². The maximum absolute atomic E-state index is 9.21. The smallest absolute Gasteiger partial charge is 0.0771 e. The fraction of sp³-hybridized carbons (Fsp3) is 0.455. The van der Waals surface area contributed by atoms with Gasteiger partial charge in [0.15, 0.2) is 0 Å². The number of rotatable bonds is 7. The lowest BCUT2D eigenvalue weighted by molar-refractivity contribution is 0.201. The zero-order chi connectivity index (χ0) is 18.3. The highest BCUT2D eigenvalue weighted by atomic mass is 32.1. The third kappa shape index (κ3) is 7.04. The molecule has 25 heavy (non-hydrogen) atoms. The molecule has 0 spiro atoms. The van der Waals surface area contributed by atoms with Gasteiger partial charge in [-0.05, 0) is 64.2 Å². The van der Waals surface area contributed by atoms with Gasteiger partial charge in [0.05, 0.1) is 11.5 Å². The summed E-state index contributed by atoms with van der Waals surface area (Å²) in [5.74, 6) is 6.57. The molecule has 0 aliphatic heterocycles. The van der Waals surface area contributed by atoms with Crippen LogP contribution in [0.15, 0.2) is 30.3 Å². The Morgan fingerprint density at radius 2 is 1.84 bits per heavy atom. The highest BCUT2D eigenvalue weighted by Crippen LogP contribution is 2.20. The molecule has 1 aromatic carbocycles. The van der Waals surface area contributed by atoms with Crippen LogP contribution in [0.1, 0.15) is 52.6 Å². The third-order valence-corrected chi connectivity index (χ3v) is 5.29. The first-order valence-electron chi connectivity index (χ1n) is 8.92. The fourth-order valence-electron chi connectivity index (χ4n) is 2.81. The summed E-state index contributed by atoms with van der Waals surface area (Å²) in [6, 6.07) is 11.0. The Kier molecular flexibility index (Phi) is 7.25. The molecule has 0 bridgehead atoms. The van der Waals surface area contributed by atoms with Crippen molar-refractivity contribution in [3.8, 4) is 11.8 Å². The van der Waals surface area contributed by atoms with E-state index in [2.05, 4.69) is 56.0 Å². The average molecular weight is 356 g/mol. The summed E-state index contributed by atoms with van der Waals surface area (Å²) in [6.07, 6.45) is 4.78. The molecule has 3 heteroatoms. The van der Waals surface area contributed by atoms with Gasteiger partial charge >= 0.3 is 0 Å². The molecule has 3 N–H and O–H groups in total. The molecule has 0 saturated heterocycles. The monoisotopic (exact) mass is 355 g/mol. The van der Waals surface area contributed by atoms with Crippen LogP contribution in [0.25, 0.3) is 0 Å². The molecule has 0 saturated carbocycles. The van der Waals surface area contributed by atoms with Crippen molar-refractivity contribution in [1.29, 1.82) is 0 Å². The molecule has 2 aromatic rings. The normalized spacial score (nSPS) is 13.2. The summed E-state index contributed by atoms with van der Waals surface area (Å²) in [4.78, 5) is 2.40. The Bertz CT molecular complexity index is 729. The molecule has 0 radical (unpaired) electrons. The molecule has 2 rings (SSSR count). The van der Waals surface area contributed by atoms with Crippen LogP contribution in [0, 0.1) is 25.7 Å². The van der Waals surface area contributed by atoms with Gasteiger partial charge in [0, 0.05) is 16.8 Å². The first-order chi connectivity index (χ1) is 11.9. The van der Waals surface area contributed by atoms with Crippen molar-refractivity contribution in [2.75, 3.05) is 6.61 Å². The van der Waals surface area contributed by atoms with Crippen molar-refractivity contribution in [2.45, 2.75) is 58.4 Å².